The van der Waals surface area contributed by atoms with Crippen molar-refractivity contribution < 1.29 is 5.11 Å². The maximum Gasteiger partial charge on any atom is 0.158 e. The highest BCUT2D eigenvalue weighted by atomic mass is 35.5. The van der Waals surface area contributed by atoms with Gasteiger partial charge in [0.25, 0.3) is 0 Å². The van der Waals surface area contributed by atoms with E-state index in [0.717, 1.165) is 0 Å². The van der Waals surface area contributed by atoms with Crippen LogP contribution in [0.15, 0.2) is 59.4 Å². The van der Waals surface area contributed by atoms with E-state index in [9.17, 15) is 5.11 Å². The highest BCUT2D eigenvalue weighted by Crippen LogP contribution is 2.37. The molecule has 0 unspecified atom stereocenters. The van der Waals surface area contributed by atoms with E-state index in [-0.39, 0.29) is 0 Å². The number of benzene rings is 2. The van der Waals surface area contributed by atoms with Crippen LogP contribution in [0, 0.1) is 0 Å². The van der Waals surface area contributed by atoms with Gasteiger partial charge in [-0.25, -0.2) is 4.98 Å². The Bertz CT molecular complexity index is 678. The first kappa shape index (κ1) is 14.5. The van der Waals surface area contributed by atoms with Gasteiger partial charge in [-0.2, -0.15) is 0 Å². The molecule has 0 saturated heterocycles. The Balaban J connectivity index is 2.20. The van der Waals surface area contributed by atoms with Gasteiger partial charge in [-0.3, -0.25) is 0 Å². The number of hydrogen-bond donors (Lipinski definition) is 1. The van der Waals surface area contributed by atoms with Crippen LogP contribution in [0.3, 0.4) is 0 Å². The van der Waals surface area contributed by atoms with Crippen LogP contribution in [0.1, 0.15) is 16.8 Å². The van der Waals surface area contributed by atoms with Crippen LogP contribution < -0.4 is 0 Å². The molecule has 106 valence electrons. The van der Waals surface area contributed by atoms with E-state index in [1.807, 2.05) is 5.38 Å². The van der Waals surface area contributed by atoms with Gasteiger partial charge in [0.2, 0.25) is 0 Å². The Morgan fingerprint density at radius 2 is 1.33 bits per heavy atom. The van der Waals surface area contributed by atoms with E-state index in [1.165, 1.54) is 11.3 Å². The lowest BCUT2D eigenvalue weighted by atomic mass is 9.84. The minimum atomic E-state index is -1.32. The molecule has 5 heteroatoms. The second-order valence-corrected chi connectivity index (χ2v) is 6.19. The number of aliphatic hydroxyl groups is 1. The Morgan fingerprint density at radius 1 is 0.857 bits per heavy atom. The Hall–Kier alpha value is -1.39. The number of halogens is 2. The van der Waals surface area contributed by atoms with Crippen molar-refractivity contribution in [3.05, 3.63) is 86.3 Å². The van der Waals surface area contributed by atoms with Crippen molar-refractivity contribution in [2.45, 2.75) is 5.60 Å². The fraction of sp³-hybridized carbons (Fsp3) is 0.0625. The molecule has 0 atom stereocenters. The van der Waals surface area contributed by atoms with Gasteiger partial charge >= 0.3 is 0 Å². The summed E-state index contributed by atoms with van der Waals surface area (Å²) in [5, 5.41) is 14.4. The smallest absolute Gasteiger partial charge is 0.158 e. The molecule has 3 aromatic rings. The molecule has 0 radical (unpaired) electrons. The molecule has 0 aliphatic carbocycles. The van der Waals surface area contributed by atoms with Crippen LogP contribution in [-0.2, 0) is 5.60 Å². The summed E-state index contributed by atoms with van der Waals surface area (Å²) in [6, 6.07) is 14.2. The zero-order valence-electron chi connectivity index (χ0n) is 10.8. The first-order chi connectivity index (χ1) is 10.1. The standard InChI is InChI=1S/C16H11Cl2NOS/c17-13-5-1-11(2-6-13)16(20,15-9-21-10-19-15)12-3-7-14(18)8-4-12/h1-10,20H. The van der Waals surface area contributed by atoms with Crippen LogP contribution in [0.25, 0.3) is 0 Å². The Morgan fingerprint density at radius 3 is 1.71 bits per heavy atom. The minimum Gasteiger partial charge on any atom is -0.374 e. The van der Waals surface area contributed by atoms with E-state index in [2.05, 4.69) is 4.98 Å². The number of thiazole rings is 1. The first-order valence-corrected chi connectivity index (χ1v) is 7.93. The van der Waals surface area contributed by atoms with Gasteiger partial charge in [0.05, 0.1) is 11.2 Å². The SMILES string of the molecule is OC(c1ccc(Cl)cc1)(c1ccc(Cl)cc1)c1cscn1. The zero-order valence-corrected chi connectivity index (χ0v) is 13.2. The molecule has 0 saturated carbocycles. The van der Waals surface area contributed by atoms with Gasteiger partial charge in [0, 0.05) is 15.4 Å². The van der Waals surface area contributed by atoms with Crippen molar-refractivity contribution in [2.24, 2.45) is 0 Å². The molecule has 0 bridgehead atoms. The third-order valence-corrected chi connectivity index (χ3v) is 4.42. The summed E-state index contributed by atoms with van der Waals surface area (Å²) in [7, 11) is 0. The summed E-state index contributed by atoms with van der Waals surface area (Å²) >= 11 is 13.3. The van der Waals surface area contributed by atoms with E-state index in [4.69, 9.17) is 23.2 Å². The van der Waals surface area contributed by atoms with Gasteiger partial charge in [-0.15, -0.1) is 11.3 Å². The van der Waals surface area contributed by atoms with Gasteiger partial charge in [-0.1, -0.05) is 47.5 Å². The molecule has 2 nitrogen and oxygen atoms in total. The minimum absolute atomic E-state index is 0.581. The molecule has 3 rings (SSSR count). The van der Waals surface area contributed by atoms with Crippen molar-refractivity contribution in [3.63, 3.8) is 0 Å². The molecule has 21 heavy (non-hydrogen) atoms. The van der Waals surface area contributed by atoms with E-state index in [0.29, 0.717) is 26.9 Å². The summed E-state index contributed by atoms with van der Waals surface area (Å²) in [6.45, 7) is 0. The number of rotatable bonds is 3. The topological polar surface area (TPSA) is 33.1 Å². The Labute approximate surface area is 136 Å². The summed E-state index contributed by atoms with van der Waals surface area (Å²) in [6.07, 6.45) is 0. The fourth-order valence-corrected chi connectivity index (χ4v) is 3.08. The number of hydrogen-bond acceptors (Lipinski definition) is 3. The van der Waals surface area contributed by atoms with Gasteiger partial charge in [0.15, 0.2) is 5.60 Å². The Kier molecular flexibility index (Phi) is 4.00. The summed E-state index contributed by atoms with van der Waals surface area (Å²) in [4.78, 5) is 4.29. The van der Waals surface area contributed by atoms with Gasteiger partial charge in [0.1, 0.15) is 0 Å². The maximum atomic E-state index is 11.4. The third-order valence-electron chi connectivity index (χ3n) is 3.33. The molecule has 0 aliphatic rings. The highest BCUT2D eigenvalue weighted by Gasteiger charge is 2.35. The van der Waals surface area contributed by atoms with Crippen molar-refractivity contribution >= 4 is 34.5 Å². The summed E-state index contributed by atoms with van der Waals surface area (Å²) in [5.41, 5.74) is 2.37. The predicted molar refractivity (Wildman–Crippen MR) is 87.1 cm³/mol. The lowest BCUT2D eigenvalue weighted by Crippen LogP contribution is -2.29. The largest absolute Gasteiger partial charge is 0.374 e. The summed E-state index contributed by atoms with van der Waals surface area (Å²) < 4.78 is 0. The second kappa shape index (κ2) is 5.78. The van der Waals surface area contributed by atoms with Crippen molar-refractivity contribution in [3.8, 4) is 0 Å². The molecule has 0 amide bonds. The van der Waals surface area contributed by atoms with Crippen LogP contribution >= 0.6 is 34.5 Å². The average molecular weight is 336 g/mol. The molecular formula is C16H11Cl2NOS. The quantitative estimate of drug-likeness (QED) is 0.750. The van der Waals surface area contributed by atoms with Crippen molar-refractivity contribution in [2.75, 3.05) is 0 Å². The van der Waals surface area contributed by atoms with Gasteiger partial charge in [-0.05, 0) is 35.4 Å². The number of aromatic nitrogens is 1. The molecule has 0 spiro atoms. The first-order valence-electron chi connectivity index (χ1n) is 6.24. The molecule has 1 heterocycles. The molecule has 1 aromatic heterocycles. The fourth-order valence-electron chi connectivity index (χ4n) is 2.24. The zero-order chi connectivity index (χ0) is 14.9. The van der Waals surface area contributed by atoms with Crippen molar-refractivity contribution in [1.82, 2.24) is 4.98 Å². The van der Waals surface area contributed by atoms with E-state index >= 15 is 0 Å². The summed E-state index contributed by atoms with van der Waals surface area (Å²) in [5.74, 6) is 0. The van der Waals surface area contributed by atoms with E-state index < -0.39 is 5.60 Å². The van der Waals surface area contributed by atoms with E-state index in [1.54, 1.807) is 54.0 Å². The molecule has 1 N–H and O–H groups in total. The van der Waals surface area contributed by atoms with Crippen LogP contribution in [-0.4, -0.2) is 10.1 Å². The highest BCUT2D eigenvalue weighted by molar-refractivity contribution is 7.07. The average Bonchev–Trinajstić information content (AvgIpc) is 3.02. The normalized spacial score (nSPS) is 11.6. The third kappa shape index (κ3) is 2.70. The lowest BCUT2D eigenvalue weighted by Gasteiger charge is -2.28. The molecule has 0 fully saturated rings. The second-order valence-electron chi connectivity index (χ2n) is 4.60. The van der Waals surface area contributed by atoms with Crippen LogP contribution in [0.4, 0.5) is 0 Å². The lowest BCUT2D eigenvalue weighted by molar-refractivity contribution is 0.121. The molecular weight excluding hydrogens is 325 g/mol. The van der Waals surface area contributed by atoms with Crippen molar-refractivity contribution in [1.29, 1.82) is 0 Å². The monoisotopic (exact) mass is 335 g/mol. The number of nitrogens with zero attached hydrogens (tertiary/aromatic N) is 1. The van der Waals surface area contributed by atoms with Crippen LogP contribution in [0.2, 0.25) is 10.0 Å². The molecule has 2 aromatic carbocycles. The predicted octanol–water partition coefficient (Wildman–Crippen LogP) is 4.73. The molecule has 0 aliphatic heterocycles. The van der Waals surface area contributed by atoms with Crippen LogP contribution in [0.5, 0.6) is 0 Å². The maximum absolute atomic E-state index is 11.4. The van der Waals surface area contributed by atoms with Gasteiger partial charge < -0.3 is 5.11 Å².